The number of nitrogens with one attached hydrogen (secondary N) is 1. The molecule has 10 heteroatoms. The quantitative estimate of drug-likeness (QED) is 0.163. The summed E-state index contributed by atoms with van der Waals surface area (Å²) in [5.74, 6) is 1.44. The number of methoxy groups -OCH3 is 1. The van der Waals surface area contributed by atoms with E-state index in [1.807, 2.05) is 42.5 Å². The van der Waals surface area contributed by atoms with E-state index in [2.05, 4.69) is 32.2 Å². The van der Waals surface area contributed by atoms with Crippen LogP contribution in [-0.4, -0.2) is 62.3 Å². The number of carbonyl (C=O) groups excluding carboxylic acids is 1. The van der Waals surface area contributed by atoms with Gasteiger partial charge in [-0.2, -0.15) is 0 Å². The van der Waals surface area contributed by atoms with Gasteiger partial charge < -0.3 is 19.9 Å². The first-order chi connectivity index (χ1) is 17.5. The Hall–Kier alpha value is -2.52. The fourth-order valence-corrected chi connectivity index (χ4v) is 5.04. The van der Waals surface area contributed by atoms with Crippen LogP contribution in [0.3, 0.4) is 0 Å². The predicted octanol–water partition coefficient (Wildman–Crippen LogP) is 5.17. The van der Waals surface area contributed by atoms with Crippen molar-refractivity contribution < 1.29 is 9.53 Å². The molecule has 0 bridgehead atoms. The first-order valence-corrected chi connectivity index (χ1v) is 13.5. The second-order valence-corrected chi connectivity index (χ2v) is 10.1. The highest BCUT2D eigenvalue weighted by atomic mass is 35.5. The first-order valence-electron chi connectivity index (χ1n) is 11.8. The van der Waals surface area contributed by atoms with Crippen molar-refractivity contribution in [3.05, 3.63) is 75.9 Å². The Balaban J connectivity index is 1.30. The lowest BCUT2D eigenvalue weighted by Gasteiger charge is -2.36. The molecule has 7 nitrogen and oxygen atoms in total. The molecule has 0 saturated carbocycles. The molecular weight excluding hydrogens is 517 g/mol. The Labute approximate surface area is 226 Å². The normalized spacial score (nSPS) is 13.6. The van der Waals surface area contributed by atoms with Crippen LogP contribution >= 0.6 is 35.0 Å². The van der Waals surface area contributed by atoms with Crippen molar-refractivity contribution in [1.29, 1.82) is 0 Å². The fourth-order valence-electron chi connectivity index (χ4n) is 3.88. The van der Waals surface area contributed by atoms with E-state index < -0.39 is 0 Å². The first kappa shape index (κ1) is 26.5. The number of rotatable bonds is 10. The van der Waals surface area contributed by atoms with Crippen LogP contribution in [-0.2, 0) is 10.5 Å². The van der Waals surface area contributed by atoms with Gasteiger partial charge in [0.2, 0.25) is 0 Å². The Kier molecular flexibility index (Phi) is 9.69. The van der Waals surface area contributed by atoms with Gasteiger partial charge in [-0.15, -0.1) is 0 Å². The number of aromatic nitrogens is 2. The Bertz CT molecular complexity index is 1140. The molecule has 1 N–H and O–H groups in total. The average Bonchev–Trinajstić information content (AvgIpc) is 2.90. The molecular formula is C26H29Cl2N5O2S. The Morgan fingerprint density at radius 3 is 2.39 bits per heavy atom. The van der Waals surface area contributed by atoms with Gasteiger partial charge in [0, 0.05) is 74.5 Å². The SMILES string of the molecule is COCCCNC(=O)c1ccc(CSc2nc(Cl)cc(N3CCN(c4ccc(Cl)cc4)CC3)n2)cc1. The second kappa shape index (κ2) is 13.1. The van der Waals surface area contributed by atoms with Crippen molar-refractivity contribution in [2.45, 2.75) is 17.3 Å². The molecule has 0 aliphatic carbocycles. The maximum absolute atomic E-state index is 12.2. The summed E-state index contributed by atoms with van der Waals surface area (Å²) in [7, 11) is 1.65. The predicted molar refractivity (Wildman–Crippen MR) is 148 cm³/mol. The number of thioether (sulfide) groups is 1. The van der Waals surface area contributed by atoms with Crippen LogP contribution in [0.1, 0.15) is 22.3 Å². The van der Waals surface area contributed by atoms with Crippen LogP contribution in [0, 0.1) is 0 Å². The van der Waals surface area contributed by atoms with Crippen LogP contribution in [0.2, 0.25) is 10.2 Å². The lowest BCUT2D eigenvalue weighted by molar-refractivity contribution is 0.0948. The van der Waals surface area contributed by atoms with E-state index in [4.69, 9.17) is 32.9 Å². The smallest absolute Gasteiger partial charge is 0.251 e. The molecule has 1 aliphatic rings. The number of hydrogen-bond donors (Lipinski definition) is 1. The van der Waals surface area contributed by atoms with Crippen LogP contribution in [0.5, 0.6) is 0 Å². The molecule has 0 radical (unpaired) electrons. The molecule has 0 spiro atoms. The molecule has 1 aliphatic heterocycles. The number of carbonyl (C=O) groups is 1. The van der Waals surface area contributed by atoms with Crippen LogP contribution in [0.4, 0.5) is 11.5 Å². The van der Waals surface area contributed by atoms with Crippen molar-refractivity contribution in [3.8, 4) is 0 Å². The minimum absolute atomic E-state index is 0.0794. The van der Waals surface area contributed by atoms with E-state index in [1.165, 1.54) is 17.4 Å². The standard InChI is InChI=1S/C26H29Cl2N5O2S/c1-35-16-2-11-29-25(34)20-5-3-19(4-6-20)18-36-26-30-23(28)17-24(31-26)33-14-12-32(13-15-33)22-9-7-21(27)8-10-22/h3-10,17H,2,11-16,18H2,1H3,(H,29,34). The number of hydrogen-bond acceptors (Lipinski definition) is 7. The lowest BCUT2D eigenvalue weighted by Crippen LogP contribution is -2.46. The maximum atomic E-state index is 12.2. The molecule has 190 valence electrons. The van der Waals surface area contributed by atoms with Crippen molar-refractivity contribution in [1.82, 2.24) is 15.3 Å². The van der Waals surface area contributed by atoms with Gasteiger partial charge in [-0.05, 0) is 48.4 Å². The number of amides is 1. The Morgan fingerprint density at radius 1 is 1.00 bits per heavy atom. The summed E-state index contributed by atoms with van der Waals surface area (Å²) in [6, 6.07) is 17.4. The number of anilines is 2. The van der Waals surface area contributed by atoms with Crippen molar-refractivity contribution in [2.75, 3.05) is 56.2 Å². The van der Waals surface area contributed by atoms with Crippen molar-refractivity contribution >= 4 is 52.4 Å². The molecule has 4 rings (SSSR count). The highest BCUT2D eigenvalue weighted by molar-refractivity contribution is 7.98. The number of halogens is 2. The third-order valence-electron chi connectivity index (χ3n) is 5.85. The van der Waals surface area contributed by atoms with Crippen molar-refractivity contribution in [3.63, 3.8) is 0 Å². The third-order valence-corrected chi connectivity index (χ3v) is 7.22. The van der Waals surface area contributed by atoms with E-state index in [9.17, 15) is 4.79 Å². The molecule has 2 aromatic carbocycles. The van der Waals surface area contributed by atoms with Gasteiger partial charge in [0.1, 0.15) is 11.0 Å². The third kappa shape index (κ3) is 7.49. The molecule has 2 heterocycles. The lowest BCUT2D eigenvalue weighted by atomic mass is 10.1. The summed E-state index contributed by atoms with van der Waals surface area (Å²) in [6.07, 6.45) is 0.788. The van der Waals surface area contributed by atoms with E-state index in [0.29, 0.717) is 34.8 Å². The maximum Gasteiger partial charge on any atom is 0.251 e. The average molecular weight is 547 g/mol. The summed E-state index contributed by atoms with van der Waals surface area (Å²) in [6.45, 7) is 4.68. The second-order valence-electron chi connectivity index (χ2n) is 8.37. The van der Waals surface area contributed by atoms with E-state index in [-0.39, 0.29) is 5.91 Å². The fraction of sp³-hybridized carbons (Fsp3) is 0.346. The number of nitrogens with zero attached hydrogens (tertiary/aromatic N) is 4. The zero-order valence-electron chi connectivity index (χ0n) is 20.1. The molecule has 36 heavy (non-hydrogen) atoms. The summed E-state index contributed by atoms with van der Waals surface area (Å²) in [5.41, 5.74) is 2.89. The van der Waals surface area contributed by atoms with Gasteiger partial charge in [-0.25, -0.2) is 9.97 Å². The van der Waals surface area contributed by atoms with Gasteiger partial charge in [0.25, 0.3) is 5.91 Å². The highest BCUT2D eigenvalue weighted by Crippen LogP contribution is 2.26. The molecule has 3 aromatic rings. The Morgan fingerprint density at radius 2 is 1.69 bits per heavy atom. The number of benzene rings is 2. The van der Waals surface area contributed by atoms with E-state index in [1.54, 1.807) is 7.11 Å². The number of piperazine rings is 1. The topological polar surface area (TPSA) is 70.6 Å². The van der Waals surface area contributed by atoms with Gasteiger partial charge in [-0.1, -0.05) is 47.1 Å². The van der Waals surface area contributed by atoms with Crippen LogP contribution in [0.15, 0.2) is 59.8 Å². The van der Waals surface area contributed by atoms with Gasteiger partial charge in [0.15, 0.2) is 5.16 Å². The zero-order valence-corrected chi connectivity index (χ0v) is 22.5. The van der Waals surface area contributed by atoms with Crippen LogP contribution < -0.4 is 15.1 Å². The summed E-state index contributed by atoms with van der Waals surface area (Å²) < 4.78 is 5.00. The van der Waals surface area contributed by atoms with Gasteiger partial charge >= 0.3 is 0 Å². The van der Waals surface area contributed by atoms with Crippen molar-refractivity contribution in [2.24, 2.45) is 0 Å². The minimum atomic E-state index is -0.0794. The van der Waals surface area contributed by atoms with E-state index in [0.717, 1.165) is 49.0 Å². The summed E-state index contributed by atoms with van der Waals surface area (Å²) in [4.78, 5) is 26.0. The number of ether oxygens (including phenoxy) is 1. The molecule has 0 unspecified atom stereocenters. The molecule has 1 amide bonds. The van der Waals surface area contributed by atoms with Gasteiger partial charge in [-0.3, -0.25) is 4.79 Å². The molecule has 1 aromatic heterocycles. The molecule has 1 fully saturated rings. The van der Waals surface area contributed by atoms with Gasteiger partial charge in [0.05, 0.1) is 0 Å². The summed E-state index contributed by atoms with van der Waals surface area (Å²) in [5, 5.41) is 4.71. The monoisotopic (exact) mass is 545 g/mol. The zero-order chi connectivity index (χ0) is 25.3. The molecule has 0 atom stereocenters. The minimum Gasteiger partial charge on any atom is -0.385 e. The van der Waals surface area contributed by atoms with E-state index >= 15 is 0 Å². The molecule has 1 saturated heterocycles. The van der Waals surface area contributed by atoms with Crippen LogP contribution in [0.25, 0.3) is 0 Å². The highest BCUT2D eigenvalue weighted by Gasteiger charge is 2.20. The largest absolute Gasteiger partial charge is 0.385 e. The summed E-state index contributed by atoms with van der Waals surface area (Å²) >= 11 is 13.9.